The van der Waals surface area contributed by atoms with E-state index in [1.807, 2.05) is 54.6 Å². The molecule has 0 unspecified atom stereocenters. The third-order valence-electron chi connectivity index (χ3n) is 5.50. The molecule has 180 valence electrons. The van der Waals surface area contributed by atoms with Crippen LogP contribution in [0.5, 0.6) is 23.0 Å². The number of aromatic nitrogens is 2. The predicted octanol–water partition coefficient (Wildman–Crippen LogP) is 4.35. The van der Waals surface area contributed by atoms with Crippen molar-refractivity contribution in [3.63, 3.8) is 0 Å². The van der Waals surface area contributed by atoms with Crippen LogP contribution in [0.25, 0.3) is 28.4 Å². The van der Waals surface area contributed by atoms with E-state index in [1.165, 1.54) is 4.68 Å². The molecule has 0 aliphatic heterocycles. The van der Waals surface area contributed by atoms with Crippen LogP contribution >= 0.6 is 0 Å². The van der Waals surface area contributed by atoms with Gasteiger partial charge < -0.3 is 24.4 Å². The van der Waals surface area contributed by atoms with Crippen molar-refractivity contribution in [3.8, 4) is 34.4 Å². The summed E-state index contributed by atoms with van der Waals surface area (Å²) in [4.78, 5) is 18.2. The number of rotatable bonds is 9. The Morgan fingerprint density at radius 1 is 0.857 bits per heavy atom. The second kappa shape index (κ2) is 10.6. The zero-order valence-electron chi connectivity index (χ0n) is 20.1. The van der Waals surface area contributed by atoms with Crippen molar-refractivity contribution in [1.82, 2.24) is 9.66 Å². The van der Waals surface area contributed by atoms with Crippen molar-refractivity contribution < 1.29 is 18.9 Å². The van der Waals surface area contributed by atoms with Gasteiger partial charge in [0.05, 0.1) is 39.3 Å². The van der Waals surface area contributed by atoms with Crippen LogP contribution < -0.4 is 29.9 Å². The van der Waals surface area contributed by atoms with Gasteiger partial charge in [0.15, 0.2) is 17.3 Å². The van der Waals surface area contributed by atoms with E-state index in [1.54, 1.807) is 46.6 Å². The van der Waals surface area contributed by atoms with Crippen LogP contribution in [0.15, 0.2) is 71.5 Å². The zero-order valence-corrected chi connectivity index (χ0v) is 20.1. The zero-order chi connectivity index (χ0) is 24.8. The van der Waals surface area contributed by atoms with Crippen LogP contribution in [0.2, 0.25) is 0 Å². The molecule has 0 amide bonds. The molecule has 35 heavy (non-hydrogen) atoms. The molecule has 8 nitrogen and oxygen atoms in total. The van der Waals surface area contributed by atoms with Crippen LogP contribution in [0.1, 0.15) is 5.56 Å². The number of para-hydroxylation sites is 2. The molecule has 0 fully saturated rings. The molecular formula is C27H27N3O5. The summed E-state index contributed by atoms with van der Waals surface area (Å²) in [6.07, 6.45) is 3.85. The van der Waals surface area contributed by atoms with Gasteiger partial charge in [-0.1, -0.05) is 42.5 Å². The average Bonchev–Trinajstić information content (AvgIpc) is 2.91. The van der Waals surface area contributed by atoms with Gasteiger partial charge in [0, 0.05) is 17.7 Å². The molecule has 0 spiro atoms. The van der Waals surface area contributed by atoms with Gasteiger partial charge in [0.1, 0.15) is 5.75 Å². The smallest absolute Gasteiger partial charge is 0.280 e. The van der Waals surface area contributed by atoms with E-state index < -0.39 is 0 Å². The third kappa shape index (κ3) is 4.77. The standard InChI is InChI=1S/C27H27N3O5/c1-32-22-14-8-5-10-18(22)11-9-15-28-30-26(29-21-13-7-6-12-20(21)27(30)31)19-16-23(33-2)25(35-4)24(17-19)34-3/h5-14,16-17,28H,15H2,1-4H3. The highest BCUT2D eigenvalue weighted by molar-refractivity contribution is 5.80. The number of hydrogen-bond donors (Lipinski definition) is 1. The maximum absolute atomic E-state index is 13.4. The van der Waals surface area contributed by atoms with Crippen molar-refractivity contribution in [3.05, 3.63) is 82.7 Å². The van der Waals surface area contributed by atoms with Gasteiger partial charge in [-0.2, -0.15) is 0 Å². The van der Waals surface area contributed by atoms with Gasteiger partial charge in [-0.3, -0.25) is 4.79 Å². The van der Waals surface area contributed by atoms with Gasteiger partial charge in [0.25, 0.3) is 5.56 Å². The lowest BCUT2D eigenvalue weighted by Crippen LogP contribution is -2.31. The van der Waals surface area contributed by atoms with Gasteiger partial charge in [0.2, 0.25) is 5.75 Å². The monoisotopic (exact) mass is 473 g/mol. The maximum atomic E-state index is 13.4. The average molecular weight is 474 g/mol. The van der Waals surface area contributed by atoms with Crippen LogP contribution in [-0.2, 0) is 0 Å². The number of methoxy groups -OCH3 is 4. The molecule has 0 saturated carbocycles. The first-order chi connectivity index (χ1) is 17.1. The molecule has 0 aliphatic rings. The van der Waals surface area contributed by atoms with Gasteiger partial charge in [-0.25, -0.2) is 9.66 Å². The molecular weight excluding hydrogens is 446 g/mol. The van der Waals surface area contributed by atoms with E-state index in [0.717, 1.165) is 11.3 Å². The minimum absolute atomic E-state index is 0.218. The van der Waals surface area contributed by atoms with E-state index in [0.29, 0.717) is 46.1 Å². The highest BCUT2D eigenvalue weighted by Gasteiger charge is 2.18. The van der Waals surface area contributed by atoms with E-state index in [9.17, 15) is 4.79 Å². The highest BCUT2D eigenvalue weighted by Crippen LogP contribution is 2.40. The molecule has 3 aromatic carbocycles. The third-order valence-corrected chi connectivity index (χ3v) is 5.50. The summed E-state index contributed by atoms with van der Waals surface area (Å²) in [7, 11) is 6.26. The molecule has 4 aromatic rings. The number of benzene rings is 3. The Hall–Kier alpha value is -4.46. The highest BCUT2D eigenvalue weighted by atomic mass is 16.5. The normalized spacial score (nSPS) is 11.0. The minimum Gasteiger partial charge on any atom is -0.496 e. The Labute approximate surface area is 203 Å². The Morgan fingerprint density at radius 3 is 2.20 bits per heavy atom. The number of hydrogen-bond acceptors (Lipinski definition) is 7. The van der Waals surface area contributed by atoms with Crippen molar-refractivity contribution in [1.29, 1.82) is 0 Å². The van der Waals surface area contributed by atoms with E-state index in [-0.39, 0.29) is 5.56 Å². The first kappa shape index (κ1) is 23.7. The predicted molar refractivity (Wildman–Crippen MR) is 137 cm³/mol. The van der Waals surface area contributed by atoms with E-state index in [2.05, 4.69) is 5.43 Å². The molecule has 0 radical (unpaired) electrons. The lowest BCUT2D eigenvalue weighted by Gasteiger charge is -2.17. The molecule has 8 heteroatoms. The summed E-state index contributed by atoms with van der Waals surface area (Å²) in [6, 6.07) is 18.5. The lowest BCUT2D eigenvalue weighted by molar-refractivity contribution is 0.324. The quantitative estimate of drug-likeness (QED) is 0.387. The Morgan fingerprint density at radius 2 is 1.51 bits per heavy atom. The summed E-state index contributed by atoms with van der Waals surface area (Å²) in [5.74, 6) is 2.57. The minimum atomic E-state index is -0.218. The Balaban J connectivity index is 1.78. The van der Waals surface area contributed by atoms with Crippen LogP contribution in [-0.4, -0.2) is 44.6 Å². The number of ether oxygens (including phenoxy) is 4. The van der Waals surface area contributed by atoms with Crippen molar-refractivity contribution in [2.24, 2.45) is 0 Å². The van der Waals surface area contributed by atoms with Crippen LogP contribution in [0.3, 0.4) is 0 Å². The summed E-state index contributed by atoms with van der Waals surface area (Å²) in [5.41, 5.74) is 5.12. The second-order valence-electron chi connectivity index (χ2n) is 7.51. The fourth-order valence-corrected chi connectivity index (χ4v) is 3.82. The van der Waals surface area contributed by atoms with Gasteiger partial charge in [-0.15, -0.1) is 0 Å². The molecule has 0 bridgehead atoms. The molecule has 1 aromatic heterocycles. The number of fused-ring (bicyclic) bond motifs is 1. The summed E-state index contributed by atoms with van der Waals surface area (Å²) in [6.45, 7) is 0.370. The van der Waals surface area contributed by atoms with Gasteiger partial charge >= 0.3 is 0 Å². The topological polar surface area (TPSA) is 83.8 Å². The maximum Gasteiger partial charge on any atom is 0.280 e. The SMILES string of the molecule is COc1ccccc1C=CCNn1c(-c2cc(OC)c(OC)c(OC)c2)nc2ccccc2c1=O. The van der Waals surface area contributed by atoms with Crippen molar-refractivity contribution in [2.75, 3.05) is 40.4 Å². The second-order valence-corrected chi connectivity index (χ2v) is 7.51. The van der Waals surface area contributed by atoms with Crippen molar-refractivity contribution >= 4 is 17.0 Å². The molecule has 0 saturated heterocycles. The molecule has 0 aliphatic carbocycles. The van der Waals surface area contributed by atoms with Crippen LogP contribution in [0, 0.1) is 0 Å². The molecule has 1 heterocycles. The lowest BCUT2D eigenvalue weighted by atomic mass is 10.1. The summed E-state index contributed by atoms with van der Waals surface area (Å²) >= 11 is 0. The summed E-state index contributed by atoms with van der Waals surface area (Å²) in [5, 5.41) is 0.505. The molecule has 4 rings (SSSR count). The summed E-state index contributed by atoms with van der Waals surface area (Å²) < 4.78 is 23.3. The molecule has 0 atom stereocenters. The Kier molecular flexibility index (Phi) is 7.21. The fraction of sp³-hybridized carbons (Fsp3) is 0.185. The first-order valence-electron chi connectivity index (χ1n) is 11.0. The first-order valence-corrected chi connectivity index (χ1v) is 11.0. The number of nitrogens with zero attached hydrogens (tertiary/aromatic N) is 2. The Bertz CT molecular complexity index is 1400. The number of nitrogens with one attached hydrogen (secondary N) is 1. The van der Waals surface area contributed by atoms with Gasteiger partial charge in [-0.05, 0) is 30.3 Å². The largest absolute Gasteiger partial charge is 0.496 e. The van der Waals surface area contributed by atoms with Crippen LogP contribution in [0.4, 0.5) is 0 Å². The van der Waals surface area contributed by atoms with E-state index >= 15 is 0 Å². The van der Waals surface area contributed by atoms with E-state index in [4.69, 9.17) is 23.9 Å². The van der Waals surface area contributed by atoms with Crippen molar-refractivity contribution in [2.45, 2.75) is 0 Å². The fourth-order valence-electron chi connectivity index (χ4n) is 3.82. The molecule has 1 N–H and O–H groups in total.